The Balaban J connectivity index is 1.51. The van der Waals surface area contributed by atoms with Gasteiger partial charge in [0, 0.05) is 23.4 Å². The van der Waals surface area contributed by atoms with Gasteiger partial charge in [-0.25, -0.2) is 9.78 Å². The maximum Gasteiger partial charge on any atom is 0.355 e. The first-order valence-corrected chi connectivity index (χ1v) is 11.8. The first kappa shape index (κ1) is 24.2. The van der Waals surface area contributed by atoms with Crippen molar-refractivity contribution in [3.63, 3.8) is 0 Å². The molecule has 11 heteroatoms. The van der Waals surface area contributed by atoms with Crippen LogP contribution in [0.25, 0.3) is 22.3 Å². The summed E-state index contributed by atoms with van der Waals surface area (Å²) in [6, 6.07) is 11.3. The fraction of sp³-hybridized carbons (Fsp3) is 0.308. The molecular formula is C26H24N4O7. The molecular weight excluding hydrogens is 480 g/mol. The van der Waals surface area contributed by atoms with Crippen LogP contribution in [0.2, 0.25) is 0 Å². The minimum absolute atomic E-state index is 0.00527. The molecule has 0 fully saturated rings. The van der Waals surface area contributed by atoms with Crippen molar-refractivity contribution in [1.82, 2.24) is 20.2 Å². The fourth-order valence-electron chi connectivity index (χ4n) is 4.75. The highest BCUT2D eigenvalue weighted by atomic mass is 16.6. The topological polar surface area (TPSA) is 146 Å². The Labute approximate surface area is 210 Å². The number of fused-ring (bicyclic) bond motifs is 5. The summed E-state index contributed by atoms with van der Waals surface area (Å²) >= 11 is 0. The van der Waals surface area contributed by atoms with Crippen LogP contribution < -0.4 is 16.2 Å². The molecule has 5 rings (SSSR count). The number of carbonyl (C=O) groups excluding carboxylic acids is 4. The van der Waals surface area contributed by atoms with Crippen molar-refractivity contribution in [1.29, 1.82) is 0 Å². The molecule has 0 unspecified atom stereocenters. The number of nitrogens with zero attached hydrogens (tertiary/aromatic N) is 2. The van der Waals surface area contributed by atoms with Gasteiger partial charge in [-0.05, 0) is 24.6 Å². The van der Waals surface area contributed by atoms with Crippen molar-refractivity contribution < 1.29 is 28.7 Å². The van der Waals surface area contributed by atoms with Gasteiger partial charge in [0.15, 0.2) is 0 Å². The first-order valence-electron chi connectivity index (χ1n) is 11.8. The van der Waals surface area contributed by atoms with Crippen molar-refractivity contribution >= 4 is 34.7 Å². The summed E-state index contributed by atoms with van der Waals surface area (Å²) < 4.78 is 12.5. The van der Waals surface area contributed by atoms with Crippen molar-refractivity contribution in [2.24, 2.45) is 0 Å². The highest BCUT2D eigenvalue weighted by Crippen LogP contribution is 2.40. The third kappa shape index (κ3) is 4.11. The Hall–Kier alpha value is -4.54. The van der Waals surface area contributed by atoms with E-state index in [1.165, 1.54) is 6.92 Å². The van der Waals surface area contributed by atoms with Gasteiger partial charge < -0.3 is 24.7 Å². The summed E-state index contributed by atoms with van der Waals surface area (Å²) in [6.07, 6.45) is 0.00527. The predicted molar refractivity (Wildman–Crippen MR) is 130 cm³/mol. The van der Waals surface area contributed by atoms with Crippen LogP contribution >= 0.6 is 0 Å². The Morgan fingerprint density at radius 1 is 1.14 bits per heavy atom. The maximum atomic E-state index is 13.5. The summed E-state index contributed by atoms with van der Waals surface area (Å²) in [6.45, 7) is 2.13. The number of nitrogens with one attached hydrogen (secondary N) is 2. The molecule has 2 aliphatic rings. The van der Waals surface area contributed by atoms with Crippen LogP contribution in [0, 0.1) is 0 Å². The monoisotopic (exact) mass is 504 g/mol. The van der Waals surface area contributed by atoms with E-state index in [0.29, 0.717) is 17.9 Å². The zero-order valence-corrected chi connectivity index (χ0v) is 20.3. The molecule has 0 spiro atoms. The van der Waals surface area contributed by atoms with Gasteiger partial charge in [0.1, 0.15) is 13.2 Å². The van der Waals surface area contributed by atoms with E-state index in [1.807, 2.05) is 30.3 Å². The standard InChI is InChI=1S/C26H24N4O7/c1-3-26(37-22(33)11-28-21(32)10-27-14(2)31)18-9-20-23-16(8-15-6-4-5-7-19(15)29-23)12-30(20)24(34)17(18)13-36-25(26)35/h4-9H,3,10-13H2,1-2H3,(H,27,31)(H,28,32)/t26-/m0/s1. The first-order chi connectivity index (χ1) is 17.7. The molecule has 0 saturated heterocycles. The van der Waals surface area contributed by atoms with Gasteiger partial charge in [-0.3, -0.25) is 19.2 Å². The highest BCUT2D eigenvalue weighted by molar-refractivity contribution is 5.90. The van der Waals surface area contributed by atoms with Crippen LogP contribution in [0.3, 0.4) is 0 Å². The predicted octanol–water partition coefficient (Wildman–Crippen LogP) is 0.883. The summed E-state index contributed by atoms with van der Waals surface area (Å²) in [5, 5.41) is 5.60. The van der Waals surface area contributed by atoms with E-state index in [2.05, 4.69) is 10.6 Å². The molecule has 37 heavy (non-hydrogen) atoms. The van der Waals surface area contributed by atoms with Gasteiger partial charge in [0.05, 0.1) is 35.6 Å². The maximum absolute atomic E-state index is 13.5. The molecule has 2 N–H and O–H groups in total. The van der Waals surface area contributed by atoms with Crippen molar-refractivity contribution in [2.45, 2.75) is 39.0 Å². The van der Waals surface area contributed by atoms with Crippen LogP contribution in [-0.2, 0) is 47.4 Å². The molecule has 0 saturated carbocycles. The number of hydrogen-bond donors (Lipinski definition) is 2. The average molecular weight is 504 g/mol. The van der Waals surface area contributed by atoms with E-state index < -0.39 is 35.9 Å². The second-order valence-electron chi connectivity index (χ2n) is 8.92. The van der Waals surface area contributed by atoms with Crippen LogP contribution in [-0.4, -0.2) is 46.4 Å². The third-order valence-electron chi connectivity index (χ3n) is 6.60. The van der Waals surface area contributed by atoms with Crippen molar-refractivity contribution in [3.8, 4) is 11.4 Å². The van der Waals surface area contributed by atoms with Crippen LogP contribution in [0.4, 0.5) is 0 Å². The molecule has 0 aliphatic carbocycles. The van der Waals surface area contributed by atoms with Gasteiger partial charge in [-0.1, -0.05) is 25.1 Å². The SMILES string of the molecule is CC[C@@]1(OC(=O)CNC(=O)CNC(C)=O)C(=O)OCc2c1cc1n(c2=O)Cc2cc3ccccc3nc2-1. The van der Waals surface area contributed by atoms with Gasteiger partial charge >= 0.3 is 11.9 Å². The Bertz CT molecular complexity index is 1540. The number of amides is 2. The molecule has 2 aromatic heterocycles. The number of cyclic esters (lactones) is 1. The van der Waals surface area contributed by atoms with E-state index in [-0.39, 0.29) is 36.3 Å². The molecule has 3 aromatic rings. The van der Waals surface area contributed by atoms with E-state index in [4.69, 9.17) is 14.5 Å². The second-order valence-corrected chi connectivity index (χ2v) is 8.92. The number of aromatic nitrogens is 2. The molecule has 1 aromatic carbocycles. The molecule has 1 atom stereocenters. The highest BCUT2D eigenvalue weighted by Gasteiger charge is 2.50. The van der Waals surface area contributed by atoms with Gasteiger partial charge in [-0.2, -0.15) is 0 Å². The lowest BCUT2D eigenvalue weighted by molar-refractivity contribution is -0.189. The number of esters is 2. The van der Waals surface area contributed by atoms with Crippen LogP contribution in [0.5, 0.6) is 0 Å². The molecule has 2 amide bonds. The zero-order chi connectivity index (χ0) is 26.3. The Morgan fingerprint density at radius 2 is 1.92 bits per heavy atom. The van der Waals surface area contributed by atoms with Gasteiger partial charge in [0.2, 0.25) is 17.4 Å². The number of para-hydroxylation sites is 1. The number of carbonyl (C=O) groups is 4. The van der Waals surface area contributed by atoms with E-state index in [9.17, 15) is 24.0 Å². The molecule has 0 radical (unpaired) electrons. The number of pyridine rings is 2. The minimum atomic E-state index is -1.86. The zero-order valence-electron chi connectivity index (χ0n) is 20.3. The lowest BCUT2D eigenvalue weighted by atomic mass is 9.85. The summed E-state index contributed by atoms with van der Waals surface area (Å²) in [5.41, 5.74) is 1.05. The van der Waals surface area contributed by atoms with Crippen LogP contribution in [0.1, 0.15) is 37.0 Å². The Kier molecular flexibility index (Phi) is 5.98. The van der Waals surface area contributed by atoms with Gasteiger partial charge in [-0.15, -0.1) is 0 Å². The molecule has 2 aliphatic heterocycles. The smallest absolute Gasteiger partial charge is 0.355 e. The largest absolute Gasteiger partial charge is 0.457 e. The molecule has 190 valence electrons. The summed E-state index contributed by atoms with van der Waals surface area (Å²) in [5.74, 6) is -2.69. The Morgan fingerprint density at radius 3 is 2.68 bits per heavy atom. The average Bonchev–Trinajstić information content (AvgIpc) is 3.24. The number of hydrogen-bond acceptors (Lipinski definition) is 8. The fourth-order valence-corrected chi connectivity index (χ4v) is 4.75. The number of rotatable bonds is 6. The van der Waals surface area contributed by atoms with E-state index in [0.717, 1.165) is 16.5 Å². The van der Waals surface area contributed by atoms with Crippen LogP contribution in [0.15, 0.2) is 41.2 Å². The van der Waals surface area contributed by atoms with Gasteiger partial charge in [0.25, 0.3) is 5.56 Å². The summed E-state index contributed by atoms with van der Waals surface area (Å²) in [7, 11) is 0. The van der Waals surface area contributed by atoms with E-state index in [1.54, 1.807) is 17.6 Å². The number of benzene rings is 1. The van der Waals surface area contributed by atoms with Crippen molar-refractivity contribution in [3.05, 3.63) is 63.4 Å². The van der Waals surface area contributed by atoms with Crippen molar-refractivity contribution in [2.75, 3.05) is 13.1 Å². The summed E-state index contributed by atoms with van der Waals surface area (Å²) in [4.78, 5) is 66.8. The second kappa shape index (κ2) is 9.16. The number of ether oxygens (including phenoxy) is 2. The third-order valence-corrected chi connectivity index (χ3v) is 6.60. The molecule has 0 bridgehead atoms. The molecule has 4 heterocycles. The van der Waals surface area contributed by atoms with E-state index >= 15 is 0 Å². The minimum Gasteiger partial charge on any atom is -0.457 e. The lowest BCUT2D eigenvalue weighted by Gasteiger charge is -2.35. The molecule has 11 nitrogen and oxygen atoms in total. The normalized spacial score (nSPS) is 17.3. The lowest BCUT2D eigenvalue weighted by Crippen LogP contribution is -2.49. The quantitative estimate of drug-likeness (QED) is 0.368.